The molecular formula is C25H37N5O2. The van der Waals surface area contributed by atoms with Crippen LogP contribution >= 0.6 is 0 Å². The SMILES string of the molecule is O=C(NC1CCC1)c1ccc(N2CCN(CC(=O)N3CCN(C4CCC4)CC3)CC2)cc1. The summed E-state index contributed by atoms with van der Waals surface area (Å²) in [5.74, 6) is 0.326. The molecule has 7 nitrogen and oxygen atoms in total. The first kappa shape index (κ1) is 21.7. The van der Waals surface area contributed by atoms with E-state index in [2.05, 4.69) is 37.0 Å². The molecule has 2 aliphatic carbocycles. The van der Waals surface area contributed by atoms with Gasteiger partial charge in [0.1, 0.15) is 0 Å². The molecule has 7 heteroatoms. The van der Waals surface area contributed by atoms with Crippen molar-refractivity contribution in [2.75, 3.05) is 63.8 Å². The van der Waals surface area contributed by atoms with Crippen molar-refractivity contribution < 1.29 is 9.59 Å². The third kappa shape index (κ3) is 4.94. The Labute approximate surface area is 191 Å². The summed E-state index contributed by atoms with van der Waals surface area (Å²) in [7, 11) is 0. The second kappa shape index (κ2) is 9.79. The quantitative estimate of drug-likeness (QED) is 0.732. The average Bonchev–Trinajstić information content (AvgIpc) is 2.76. The number of hydrogen-bond donors (Lipinski definition) is 1. The highest BCUT2D eigenvalue weighted by Gasteiger charge is 2.30. The van der Waals surface area contributed by atoms with Gasteiger partial charge in [0.2, 0.25) is 5.91 Å². The second-order valence-electron chi connectivity index (χ2n) is 9.91. The van der Waals surface area contributed by atoms with Gasteiger partial charge in [0, 0.05) is 75.7 Å². The average molecular weight is 440 g/mol. The van der Waals surface area contributed by atoms with Crippen LogP contribution in [0.2, 0.25) is 0 Å². The number of amides is 2. The highest BCUT2D eigenvalue weighted by molar-refractivity contribution is 5.94. The maximum absolute atomic E-state index is 12.8. The summed E-state index contributed by atoms with van der Waals surface area (Å²) < 4.78 is 0. The van der Waals surface area contributed by atoms with Crippen LogP contribution in [0.1, 0.15) is 48.9 Å². The molecule has 32 heavy (non-hydrogen) atoms. The molecule has 1 aromatic carbocycles. The Kier molecular flexibility index (Phi) is 6.64. The van der Waals surface area contributed by atoms with Gasteiger partial charge >= 0.3 is 0 Å². The maximum Gasteiger partial charge on any atom is 0.251 e. The van der Waals surface area contributed by atoms with Crippen molar-refractivity contribution in [1.82, 2.24) is 20.0 Å². The van der Waals surface area contributed by atoms with E-state index >= 15 is 0 Å². The zero-order valence-electron chi connectivity index (χ0n) is 19.2. The molecule has 0 radical (unpaired) electrons. The number of piperazine rings is 2. The van der Waals surface area contributed by atoms with E-state index < -0.39 is 0 Å². The van der Waals surface area contributed by atoms with E-state index in [0.717, 1.165) is 82.5 Å². The first-order chi connectivity index (χ1) is 15.7. The van der Waals surface area contributed by atoms with Gasteiger partial charge in [0.05, 0.1) is 6.54 Å². The monoisotopic (exact) mass is 439 g/mol. The third-order valence-electron chi connectivity index (χ3n) is 7.92. The van der Waals surface area contributed by atoms with Gasteiger partial charge in [0.25, 0.3) is 5.91 Å². The molecule has 1 aromatic rings. The third-order valence-corrected chi connectivity index (χ3v) is 7.92. The molecule has 0 atom stereocenters. The Hall–Kier alpha value is -2.12. The highest BCUT2D eigenvalue weighted by Crippen LogP contribution is 2.25. The van der Waals surface area contributed by atoms with Crippen LogP contribution in [0.4, 0.5) is 5.69 Å². The van der Waals surface area contributed by atoms with E-state index in [1.165, 1.54) is 25.7 Å². The van der Waals surface area contributed by atoms with Crippen molar-refractivity contribution >= 4 is 17.5 Å². The molecule has 174 valence electrons. The van der Waals surface area contributed by atoms with Gasteiger partial charge in [-0.25, -0.2) is 0 Å². The number of hydrogen-bond acceptors (Lipinski definition) is 5. The van der Waals surface area contributed by atoms with Crippen LogP contribution in [-0.2, 0) is 4.79 Å². The number of anilines is 1. The molecule has 2 saturated carbocycles. The zero-order chi connectivity index (χ0) is 21.9. The molecule has 2 amide bonds. The summed E-state index contributed by atoms with van der Waals surface area (Å²) in [6.45, 7) is 8.02. The molecule has 2 heterocycles. The number of rotatable bonds is 6. The first-order valence-corrected chi connectivity index (χ1v) is 12.6. The molecule has 0 spiro atoms. The summed E-state index contributed by atoms with van der Waals surface area (Å²) in [5.41, 5.74) is 1.89. The molecule has 5 rings (SSSR count). The normalized spacial score (nSPS) is 23.5. The number of benzene rings is 1. The van der Waals surface area contributed by atoms with Crippen molar-refractivity contribution in [3.63, 3.8) is 0 Å². The van der Waals surface area contributed by atoms with Gasteiger partial charge in [-0.15, -0.1) is 0 Å². The van der Waals surface area contributed by atoms with Gasteiger partial charge in [-0.3, -0.25) is 19.4 Å². The van der Waals surface area contributed by atoms with Gasteiger partial charge in [-0.05, 0) is 56.4 Å². The second-order valence-corrected chi connectivity index (χ2v) is 9.91. The summed E-state index contributed by atoms with van der Waals surface area (Å²) >= 11 is 0. The molecule has 2 saturated heterocycles. The van der Waals surface area contributed by atoms with Crippen LogP contribution in [0.15, 0.2) is 24.3 Å². The lowest BCUT2D eigenvalue weighted by Gasteiger charge is -2.43. The number of carbonyl (C=O) groups is 2. The van der Waals surface area contributed by atoms with Gasteiger partial charge in [0.15, 0.2) is 0 Å². The Morgan fingerprint density at radius 1 is 0.812 bits per heavy atom. The lowest BCUT2D eigenvalue weighted by molar-refractivity contribution is -0.134. The van der Waals surface area contributed by atoms with Gasteiger partial charge < -0.3 is 15.1 Å². The Morgan fingerprint density at radius 3 is 2.03 bits per heavy atom. The molecule has 4 fully saturated rings. The minimum atomic E-state index is 0.0399. The first-order valence-electron chi connectivity index (χ1n) is 12.6. The fourth-order valence-corrected chi connectivity index (χ4v) is 5.19. The molecule has 2 aliphatic heterocycles. The van der Waals surface area contributed by atoms with E-state index in [-0.39, 0.29) is 11.8 Å². The largest absolute Gasteiger partial charge is 0.369 e. The Bertz CT molecular complexity index is 789. The number of nitrogens with zero attached hydrogens (tertiary/aromatic N) is 4. The topological polar surface area (TPSA) is 59.1 Å². The predicted octanol–water partition coefficient (Wildman–Crippen LogP) is 1.79. The minimum Gasteiger partial charge on any atom is -0.369 e. The van der Waals surface area contributed by atoms with Crippen LogP contribution in [0.25, 0.3) is 0 Å². The van der Waals surface area contributed by atoms with Crippen molar-refractivity contribution in [2.45, 2.75) is 50.6 Å². The van der Waals surface area contributed by atoms with E-state index in [4.69, 9.17) is 0 Å². The molecular weight excluding hydrogens is 402 g/mol. The van der Waals surface area contributed by atoms with Gasteiger partial charge in [-0.2, -0.15) is 0 Å². The van der Waals surface area contributed by atoms with Crippen molar-refractivity contribution in [2.24, 2.45) is 0 Å². The predicted molar refractivity (Wildman–Crippen MR) is 126 cm³/mol. The molecule has 1 N–H and O–H groups in total. The van der Waals surface area contributed by atoms with Crippen LogP contribution in [-0.4, -0.2) is 97.5 Å². The minimum absolute atomic E-state index is 0.0399. The highest BCUT2D eigenvalue weighted by atomic mass is 16.2. The van der Waals surface area contributed by atoms with Crippen LogP contribution < -0.4 is 10.2 Å². The summed E-state index contributed by atoms with van der Waals surface area (Å²) in [6, 6.07) is 9.12. The van der Waals surface area contributed by atoms with Crippen molar-refractivity contribution in [3.8, 4) is 0 Å². The molecule has 0 aromatic heterocycles. The summed E-state index contributed by atoms with van der Waals surface area (Å²) in [6.07, 6.45) is 7.48. The maximum atomic E-state index is 12.8. The molecule has 4 aliphatic rings. The van der Waals surface area contributed by atoms with Crippen molar-refractivity contribution in [1.29, 1.82) is 0 Å². The molecule has 0 unspecified atom stereocenters. The number of nitrogens with one attached hydrogen (secondary N) is 1. The van der Waals surface area contributed by atoms with Crippen LogP contribution in [0.3, 0.4) is 0 Å². The standard InChI is InChI=1S/C25H37N5O2/c31-24(30-17-15-29(16-18-30)22-5-2-6-22)19-27-11-13-28(14-12-27)23-9-7-20(8-10-23)25(32)26-21-3-1-4-21/h7-10,21-22H,1-6,11-19H2,(H,26,32). The Balaban J connectivity index is 1.04. The fraction of sp³-hybridized carbons (Fsp3) is 0.680. The van der Waals surface area contributed by atoms with Crippen molar-refractivity contribution in [3.05, 3.63) is 29.8 Å². The van der Waals surface area contributed by atoms with E-state index in [1.54, 1.807) is 0 Å². The smallest absolute Gasteiger partial charge is 0.251 e. The van der Waals surface area contributed by atoms with Crippen LogP contribution in [0.5, 0.6) is 0 Å². The lowest BCUT2D eigenvalue weighted by Crippen LogP contribution is -2.56. The fourth-order valence-electron chi connectivity index (χ4n) is 5.19. The Morgan fingerprint density at radius 2 is 1.47 bits per heavy atom. The number of carbonyl (C=O) groups excluding carboxylic acids is 2. The zero-order valence-corrected chi connectivity index (χ0v) is 19.2. The van der Waals surface area contributed by atoms with Crippen LogP contribution in [0, 0.1) is 0 Å². The van der Waals surface area contributed by atoms with Gasteiger partial charge in [-0.1, -0.05) is 6.42 Å². The van der Waals surface area contributed by atoms with E-state index in [0.29, 0.717) is 12.6 Å². The van der Waals surface area contributed by atoms with E-state index in [1.807, 2.05) is 12.1 Å². The summed E-state index contributed by atoms with van der Waals surface area (Å²) in [4.78, 5) is 34.4. The molecule has 0 bridgehead atoms. The van der Waals surface area contributed by atoms with E-state index in [9.17, 15) is 9.59 Å². The summed E-state index contributed by atoms with van der Waals surface area (Å²) in [5, 5.41) is 3.10. The lowest BCUT2D eigenvalue weighted by atomic mass is 9.91.